The van der Waals surface area contributed by atoms with Gasteiger partial charge in [-0.25, -0.2) is 0 Å². The molecule has 0 N–H and O–H groups in total. The number of aromatic nitrogens is 1. The molecule has 0 aliphatic heterocycles. The van der Waals surface area contributed by atoms with E-state index < -0.39 is 0 Å². The number of nitrogens with zero attached hydrogens (tertiary/aromatic N) is 2. The van der Waals surface area contributed by atoms with Gasteiger partial charge < -0.3 is 4.57 Å². The summed E-state index contributed by atoms with van der Waals surface area (Å²) in [5.41, 5.74) is 3.65. The van der Waals surface area contributed by atoms with Gasteiger partial charge in [0.25, 0.3) is 5.91 Å². The summed E-state index contributed by atoms with van der Waals surface area (Å²) in [4.78, 5) is 16.8. The number of rotatable bonds is 5. The number of carbonyl (C=O) groups is 1. The van der Waals surface area contributed by atoms with Crippen LogP contribution in [0.5, 0.6) is 0 Å². The van der Waals surface area contributed by atoms with Crippen LogP contribution in [0.25, 0.3) is 0 Å². The van der Waals surface area contributed by atoms with Crippen molar-refractivity contribution in [2.75, 3.05) is 6.26 Å². The average Bonchev–Trinajstić information content (AvgIpc) is 2.65. The second-order valence-corrected chi connectivity index (χ2v) is 6.59. The molecular formula is C21H20N2OS. The Kier molecular flexibility index (Phi) is 5.86. The molecule has 0 radical (unpaired) electrons. The second-order valence-electron chi connectivity index (χ2n) is 5.72. The predicted octanol–water partition coefficient (Wildman–Crippen LogP) is 4.14. The van der Waals surface area contributed by atoms with E-state index in [-0.39, 0.29) is 5.91 Å². The topological polar surface area (TPSA) is 34.4 Å². The van der Waals surface area contributed by atoms with Gasteiger partial charge in [0.15, 0.2) is 0 Å². The van der Waals surface area contributed by atoms with E-state index in [4.69, 9.17) is 0 Å². The zero-order valence-electron chi connectivity index (χ0n) is 14.1. The fourth-order valence-corrected chi connectivity index (χ4v) is 3.09. The summed E-state index contributed by atoms with van der Waals surface area (Å²) in [7, 11) is 0. The van der Waals surface area contributed by atoms with E-state index in [9.17, 15) is 4.79 Å². The fraction of sp³-hybridized carbons (Fsp3) is 0.143. The lowest BCUT2D eigenvalue weighted by molar-refractivity contribution is 0.0997. The lowest BCUT2D eigenvalue weighted by Crippen LogP contribution is -2.22. The van der Waals surface area contributed by atoms with Crippen LogP contribution in [0.2, 0.25) is 0 Å². The lowest BCUT2D eigenvalue weighted by Gasteiger charge is -2.07. The summed E-state index contributed by atoms with van der Waals surface area (Å²) in [6, 6.07) is 23.5. The third kappa shape index (κ3) is 4.70. The molecule has 3 rings (SSSR count). The molecule has 3 aromatic rings. The molecule has 0 atom stereocenters. The predicted molar refractivity (Wildman–Crippen MR) is 104 cm³/mol. The van der Waals surface area contributed by atoms with E-state index in [1.807, 2.05) is 71.4 Å². The van der Waals surface area contributed by atoms with Crippen molar-refractivity contribution in [1.29, 1.82) is 0 Å². The highest BCUT2D eigenvalue weighted by Crippen LogP contribution is 2.11. The Morgan fingerprint density at radius 3 is 2.36 bits per heavy atom. The Morgan fingerprint density at radius 1 is 0.920 bits per heavy atom. The molecule has 1 heterocycles. The molecule has 3 nitrogen and oxygen atoms in total. The van der Waals surface area contributed by atoms with E-state index in [2.05, 4.69) is 23.4 Å². The van der Waals surface area contributed by atoms with E-state index in [0.717, 1.165) is 5.75 Å². The third-order valence-corrected chi connectivity index (χ3v) is 4.46. The van der Waals surface area contributed by atoms with E-state index in [1.54, 1.807) is 11.8 Å². The molecule has 0 fully saturated rings. The van der Waals surface area contributed by atoms with Gasteiger partial charge in [0.05, 0.1) is 0 Å². The molecule has 0 spiro atoms. The van der Waals surface area contributed by atoms with Crippen LogP contribution in [-0.4, -0.2) is 16.7 Å². The molecule has 0 saturated carbocycles. The minimum absolute atomic E-state index is 0.219. The van der Waals surface area contributed by atoms with Crippen molar-refractivity contribution >= 4 is 17.7 Å². The zero-order chi connectivity index (χ0) is 17.5. The van der Waals surface area contributed by atoms with Crippen molar-refractivity contribution in [2.45, 2.75) is 12.3 Å². The van der Waals surface area contributed by atoms with Gasteiger partial charge in [0.2, 0.25) is 0 Å². The number of hydrogen-bond donors (Lipinski definition) is 0. The quantitative estimate of drug-likeness (QED) is 0.694. The first-order valence-corrected chi connectivity index (χ1v) is 9.52. The average molecular weight is 348 g/mol. The number of pyridine rings is 1. The van der Waals surface area contributed by atoms with Gasteiger partial charge in [-0.1, -0.05) is 48.5 Å². The first-order chi connectivity index (χ1) is 12.3. The summed E-state index contributed by atoms with van der Waals surface area (Å²) < 4.78 is 1.98. The van der Waals surface area contributed by atoms with Crippen LogP contribution in [0.15, 0.2) is 84.0 Å². The standard InChI is InChI=1S/C21H20N2OS/c1-25-16-18-10-12-19(13-11-18)21(24)22-20-9-5-6-14-23(20)15-17-7-3-2-4-8-17/h2-14H,15-16H2,1H3. The summed E-state index contributed by atoms with van der Waals surface area (Å²) >= 11 is 1.76. The van der Waals surface area contributed by atoms with Gasteiger partial charge in [-0.2, -0.15) is 16.8 Å². The summed E-state index contributed by atoms with van der Waals surface area (Å²) in [5.74, 6) is 0.727. The van der Waals surface area contributed by atoms with Crippen LogP contribution in [0.1, 0.15) is 21.5 Å². The minimum Gasteiger partial charge on any atom is -0.328 e. The zero-order valence-corrected chi connectivity index (χ0v) is 14.9. The van der Waals surface area contributed by atoms with Crippen molar-refractivity contribution in [3.63, 3.8) is 0 Å². The van der Waals surface area contributed by atoms with E-state index in [1.165, 1.54) is 11.1 Å². The highest BCUT2D eigenvalue weighted by atomic mass is 32.2. The SMILES string of the molecule is CSCc1ccc(C(=O)N=c2ccccn2Cc2ccccc2)cc1. The first kappa shape index (κ1) is 17.2. The molecule has 0 saturated heterocycles. The Morgan fingerprint density at radius 2 is 1.64 bits per heavy atom. The highest BCUT2D eigenvalue weighted by Gasteiger charge is 2.04. The summed E-state index contributed by atoms with van der Waals surface area (Å²) in [5, 5.41) is 0. The highest BCUT2D eigenvalue weighted by molar-refractivity contribution is 7.97. The van der Waals surface area contributed by atoms with Crippen molar-refractivity contribution in [2.24, 2.45) is 4.99 Å². The van der Waals surface area contributed by atoms with Crippen molar-refractivity contribution in [1.82, 2.24) is 4.57 Å². The molecule has 1 aromatic heterocycles. The summed E-state index contributed by atoms with van der Waals surface area (Å²) in [6.45, 7) is 0.681. The molecule has 1 amide bonds. The van der Waals surface area contributed by atoms with Crippen LogP contribution in [-0.2, 0) is 12.3 Å². The van der Waals surface area contributed by atoms with Gasteiger partial charge in [-0.3, -0.25) is 4.79 Å². The number of amides is 1. The van der Waals surface area contributed by atoms with Crippen molar-refractivity contribution in [3.8, 4) is 0 Å². The second kappa shape index (κ2) is 8.49. The molecule has 4 heteroatoms. The van der Waals surface area contributed by atoms with Crippen LogP contribution in [0.4, 0.5) is 0 Å². The monoisotopic (exact) mass is 348 g/mol. The smallest absolute Gasteiger partial charge is 0.278 e. The third-order valence-electron chi connectivity index (χ3n) is 3.84. The van der Waals surface area contributed by atoms with Crippen molar-refractivity contribution < 1.29 is 4.79 Å². The van der Waals surface area contributed by atoms with Gasteiger partial charge >= 0.3 is 0 Å². The van der Waals surface area contributed by atoms with E-state index >= 15 is 0 Å². The lowest BCUT2D eigenvalue weighted by atomic mass is 10.1. The largest absolute Gasteiger partial charge is 0.328 e. The Hall–Kier alpha value is -2.59. The molecule has 0 unspecified atom stereocenters. The minimum atomic E-state index is -0.219. The molecule has 0 bridgehead atoms. The van der Waals surface area contributed by atoms with Gasteiger partial charge in [0, 0.05) is 24.1 Å². The number of carbonyl (C=O) groups excluding carboxylic acids is 1. The number of thioether (sulfide) groups is 1. The molecule has 0 aliphatic carbocycles. The normalized spacial score (nSPS) is 11.5. The van der Waals surface area contributed by atoms with Crippen molar-refractivity contribution in [3.05, 3.63) is 101 Å². The maximum atomic E-state index is 12.5. The van der Waals surface area contributed by atoms with Crippen LogP contribution in [0.3, 0.4) is 0 Å². The van der Waals surface area contributed by atoms with E-state index in [0.29, 0.717) is 17.6 Å². The van der Waals surface area contributed by atoms with Gasteiger partial charge in [0.1, 0.15) is 5.49 Å². The summed E-state index contributed by atoms with van der Waals surface area (Å²) in [6.07, 6.45) is 4.01. The maximum Gasteiger partial charge on any atom is 0.278 e. The first-order valence-electron chi connectivity index (χ1n) is 8.12. The molecular weight excluding hydrogens is 328 g/mol. The Balaban J connectivity index is 1.86. The number of benzene rings is 2. The number of hydrogen-bond acceptors (Lipinski definition) is 2. The molecule has 0 aliphatic rings. The van der Waals surface area contributed by atoms with Gasteiger partial charge in [-0.05, 0) is 41.6 Å². The maximum absolute atomic E-state index is 12.5. The van der Waals surface area contributed by atoms with Crippen LogP contribution < -0.4 is 5.49 Å². The molecule has 2 aromatic carbocycles. The Bertz CT molecular complexity index is 899. The molecule has 25 heavy (non-hydrogen) atoms. The Labute approximate surface area is 152 Å². The fourth-order valence-electron chi connectivity index (χ4n) is 2.56. The van der Waals surface area contributed by atoms with Crippen LogP contribution in [0, 0.1) is 0 Å². The van der Waals surface area contributed by atoms with Gasteiger partial charge in [-0.15, -0.1) is 0 Å². The molecule has 126 valence electrons. The van der Waals surface area contributed by atoms with Crippen LogP contribution >= 0.6 is 11.8 Å².